The largest absolute Gasteiger partial charge is 0.346 e. The van der Waals surface area contributed by atoms with Crippen LogP contribution in [0.4, 0.5) is 0 Å². The molecule has 2 aliphatic rings. The Hall–Kier alpha value is -2.50. The number of likely N-dealkylation sites (tertiary alicyclic amines) is 1. The number of rotatable bonds is 3. The van der Waals surface area contributed by atoms with E-state index in [1.165, 1.54) is 0 Å². The Balaban J connectivity index is 1.51. The molecule has 0 radical (unpaired) electrons. The summed E-state index contributed by atoms with van der Waals surface area (Å²) in [6.45, 7) is 7.24. The Kier molecular flexibility index (Phi) is 4.52. The summed E-state index contributed by atoms with van der Waals surface area (Å²) < 4.78 is 2.78. The van der Waals surface area contributed by atoms with E-state index in [0.29, 0.717) is 22.5 Å². The van der Waals surface area contributed by atoms with E-state index in [4.69, 9.17) is 0 Å². The maximum absolute atomic E-state index is 13.8. The summed E-state index contributed by atoms with van der Waals surface area (Å²) in [5.74, 6) is 1.25. The minimum atomic E-state index is 0.294. The number of nitrogens with one attached hydrogen (secondary N) is 1. The molecule has 1 amide bonds. The summed E-state index contributed by atoms with van der Waals surface area (Å²) in [6, 6.07) is 17.1. The molecule has 2 fully saturated rings. The maximum atomic E-state index is 13.8. The number of hydrogen-bond donors (Lipinski definition) is 1. The van der Waals surface area contributed by atoms with Crippen LogP contribution < -0.4 is 5.32 Å². The van der Waals surface area contributed by atoms with Crippen molar-refractivity contribution in [3.05, 3.63) is 59.9 Å². The number of aromatic nitrogens is 2. The van der Waals surface area contributed by atoms with Crippen molar-refractivity contribution in [2.24, 2.45) is 0 Å². The third-order valence-corrected chi connectivity index (χ3v) is 7.10. The molecule has 29 heavy (non-hydrogen) atoms. The first-order chi connectivity index (χ1) is 14.1. The lowest BCUT2D eigenvalue weighted by atomic mass is 10.0. The van der Waals surface area contributed by atoms with E-state index in [0.717, 1.165) is 67.0 Å². The van der Waals surface area contributed by atoms with Crippen molar-refractivity contribution in [3.8, 4) is 5.69 Å². The molecule has 0 saturated carbocycles. The highest BCUT2D eigenvalue weighted by Gasteiger charge is 2.52. The summed E-state index contributed by atoms with van der Waals surface area (Å²) in [7, 11) is 0. The van der Waals surface area contributed by atoms with Gasteiger partial charge in [-0.2, -0.15) is 0 Å². The van der Waals surface area contributed by atoms with Gasteiger partial charge in [0.1, 0.15) is 11.9 Å². The number of benzene rings is 2. The number of amides is 1. The minimum absolute atomic E-state index is 0.294. The van der Waals surface area contributed by atoms with Crippen LogP contribution in [-0.2, 0) is 0 Å². The highest BCUT2D eigenvalue weighted by atomic mass is 16.2. The number of aryl methyl sites for hydroxylation is 1. The van der Waals surface area contributed by atoms with Gasteiger partial charge in [-0.1, -0.05) is 12.1 Å². The first kappa shape index (κ1) is 18.5. The molecule has 0 spiro atoms. The normalized spacial score (nSPS) is 27.0. The number of para-hydroxylation sites is 2. The second kappa shape index (κ2) is 7.08. The molecule has 3 heterocycles. The monoisotopic (exact) mass is 389 g/mol. The van der Waals surface area contributed by atoms with Gasteiger partial charge in [-0.05, 0) is 50.2 Å². The Bertz CT molecular complexity index is 1050. The van der Waals surface area contributed by atoms with E-state index < -0.39 is 0 Å². The molecule has 5 nitrogen and oxygen atoms in total. The second-order valence-electron chi connectivity index (χ2n) is 8.63. The smallest absolute Gasteiger partial charge is 0.311 e. The van der Waals surface area contributed by atoms with Crippen LogP contribution in [0.1, 0.15) is 42.4 Å². The number of carbonyl (C=O) groups excluding carboxylic acids is 1. The topological polar surface area (TPSA) is 46.9 Å². The highest BCUT2D eigenvalue weighted by Crippen LogP contribution is 2.35. The quantitative estimate of drug-likeness (QED) is 0.693. The predicted molar refractivity (Wildman–Crippen MR) is 115 cm³/mol. The van der Waals surface area contributed by atoms with Crippen molar-refractivity contribution in [1.82, 2.24) is 14.9 Å². The fourth-order valence-corrected chi connectivity index (χ4v) is 5.61. The molecule has 0 aliphatic carbocycles. The molecular weight excluding hydrogens is 360 g/mol. The number of quaternary nitrogens is 1. The Morgan fingerprint density at radius 3 is 2.62 bits per heavy atom. The molecule has 0 bridgehead atoms. The van der Waals surface area contributed by atoms with Crippen molar-refractivity contribution in [1.29, 1.82) is 0 Å². The molecule has 2 aliphatic heterocycles. The van der Waals surface area contributed by atoms with Crippen LogP contribution in [-0.4, -0.2) is 51.7 Å². The van der Waals surface area contributed by atoms with E-state index in [-0.39, 0.29) is 0 Å². The van der Waals surface area contributed by atoms with Crippen molar-refractivity contribution >= 4 is 16.9 Å². The average Bonchev–Trinajstić information content (AvgIpc) is 3.46. The van der Waals surface area contributed by atoms with Gasteiger partial charge >= 0.3 is 5.91 Å². The SMILES string of the molecule is Cc1nc2ccccc2n1-c1ccc(C(=O)[N+]2([C@H]3CCNC3)CCC[C@@H]2C)cc1. The highest BCUT2D eigenvalue weighted by molar-refractivity contribution is 5.90. The van der Waals surface area contributed by atoms with E-state index in [1.54, 1.807) is 0 Å². The third-order valence-electron chi connectivity index (χ3n) is 7.10. The zero-order valence-corrected chi connectivity index (χ0v) is 17.3. The zero-order chi connectivity index (χ0) is 20.0. The molecule has 5 heteroatoms. The molecule has 150 valence electrons. The van der Waals surface area contributed by atoms with Gasteiger partial charge in [-0.3, -0.25) is 9.05 Å². The molecule has 1 aromatic heterocycles. The molecule has 1 N–H and O–H groups in total. The number of hydrogen-bond acceptors (Lipinski definition) is 3. The van der Waals surface area contributed by atoms with Crippen molar-refractivity contribution < 1.29 is 9.28 Å². The van der Waals surface area contributed by atoms with Crippen molar-refractivity contribution in [2.75, 3.05) is 19.6 Å². The van der Waals surface area contributed by atoms with Gasteiger partial charge in [0.05, 0.1) is 29.2 Å². The molecule has 3 atom stereocenters. The number of fused-ring (bicyclic) bond motifs is 1. The van der Waals surface area contributed by atoms with E-state index in [9.17, 15) is 4.79 Å². The lowest BCUT2D eigenvalue weighted by molar-refractivity contribution is -0.881. The first-order valence-electron chi connectivity index (χ1n) is 10.8. The zero-order valence-electron chi connectivity index (χ0n) is 17.3. The van der Waals surface area contributed by atoms with Gasteiger partial charge in [0.2, 0.25) is 0 Å². The first-order valence-corrected chi connectivity index (χ1v) is 10.8. The molecule has 1 unspecified atom stereocenters. The van der Waals surface area contributed by atoms with Crippen molar-refractivity contribution in [2.45, 2.75) is 45.2 Å². The van der Waals surface area contributed by atoms with Gasteiger partial charge in [0.15, 0.2) is 0 Å². The van der Waals surface area contributed by atoms with E-state index >= 15 is 0 Å². The summed E-state index contributed by atoms with van der Waals surface area (Å²) in [6.07, 6.45) is 3.37. The number of nitrogens with zero attached hydrogens (tertiary/aromatic N) is 3. The van der Waals surface area contributed by atoms with Crippen molar-refractivity contribution in [3.63, 3.8) is 0 Å². The van der Waals surface area contributed by atoms with Crippen LogP contribution in [0.2, 0.25) is 0 Å². The fourth-order valence-electron chi connectivity index (χ4n) is 5.61. The van der Waals surface area contributed by atoms with Crippen LogP contribution in [0.3, 0.4) is 0 Å². The van der Waals surface area contributed by atoms with Crippen LogP contribution in [0.5, 0.6) is 0 Å². The fraction of sp³-hybridized carbons (Fsp3) is 0.417. The number of imidazole rings is 1. The Morgan fingerprint density at radius 2 is 1.93 bits per heavy atom. The average molecular weight is 390 g/mol. The summed E-state index contributed by atoms with van der Waals surface area (Å²) in [4.78, 5) is 18.4. The Morgan fingerprint density at radius 1 is 1.14 bits per heavy atom. The number of carbonyl (C=O) groups is 1. The standard InChI is InChI=1S/C24H29N4O/c1-17-6-5-15-28(17,21-13-14-25-16-21)24(29)19-9-11-20(12-10-19)27-18(2)26-22-7-3-4-8-23(22)27/h3-4,7-12,17,21,25H,5-6,13-16H2,1-2H3/q+1/t17-,21-,28?/m0/s1. The summed E-state index contributed by atoms with van der Waals surface area (Å²) >= 11 is 0. The minimum Gasteiger partial charge on any atom is -0.311 e. The van der Waals surface area contributed by atoms with E-state index in [2.05, 4.69) is 40.0 Å². The van der Waals surface area contributed by atoms with Gasteiger partial charge < -0.3 is 5.32 Å². The van der Waals surface area contributed by atoms with E-state index in [1.807, 2.05) is 37.3 Å². The molecule has 3 aromatic rings. The van der Waals surface area contributed by atoms with Gasteiger partial charge in [-0.25, -0.2) is 9.78 Å². The van der Waals surface area contributed by atoms with Crippen LogP contribution in [0.15, 0.2) is 48.5 Å². The van der Waals surface area contributed by atoms with Crippen LogP contribution in [0.25, 0.3) is 16.7 Å². The Labute approximate surface area is 171 Å². The summed E-state index contributed by atoms with van der Waals surface area (Å²) in [5.41, 5.74) is 3.97. The lowest BCUT2D eigenvalue weighted by Crippen LogP contribution is -2.61. The van der Waals surface area contributed by atoms with Gasteiger partial charge in [-0.15, -0.1) is 0 Å². The molecule has 2 aromatic carbocycles. The lowest BCUT2D eigenvalue weighted by Gasteiger charge is -2.41. The summed E-state index contributed by atoms with van der Waals surface area (Å²) in [5, 5.41) is 3.47. The molecular formula is C24H29N4O+. The van der Waals surface area contributed by atoms with Gasteiger partial charge in [0, 0.05) is 38.0 Å². The molecule has 5 rings (SSSR count). The maximum Gasteiger partial charge on any atom is 0.346 e. The van der Waals surface area contributed by atoms with Crippen LogP contribution >= 0.6 is 0 Å². The van der Waals surface area contributed by atoms with Crippen LogP contribution in [0, 0.1) is 6.92 Å². The molecule has 2 saturated heterocycles. The third kappa shape index (κ3) is 2.83. The second-order valence-corrected chi connectivity index (χ2v) is 8.63. The predicted octanol–water partition coefficient (Wildman–Crippen LogP) is 3.84. The van der Waals surface area contributed by atoms with Gasteiger partial charge in [0.25, 0.3) is 0 Å².